The SMILES string of the molecule is O=C(c1ccc(F)cc1F)N1CCC2CCN(c3cnc4ccccc4n3)CC21. The van der Waals surface area contributed by atoms with Crippen LogP contribution in [0.2, 0.25) is 0 Å². The number of anilines is 1. The number of aromatic nitrogens is 2. The summed E-state index contributed by atoms with van der Waals surface area (Å²) in [6.07, 6.45) is 3.61. The largest absolute Gasteiger partial charge is 0.353 e. The monoisotopic (exact) mass is 394 g/mol. The van der Waals surface area contributed by atoms with Crippen LogP contribution in [0.25, 0.3) is 11.0 Å². The average Bonchev–Trinajstić information content (AvgIpc) is 3.16. The molecule has 0 spiro atoms. The number of amides is 1. The number of benzene rings is 2. The van der Waals surface area contributed by atoms with E-state index < -0.39 is 11.6 Å². The van der Waals surface area contributed by atoms with Gasteiger partial charge in [-0.05, 0) is 43.0 Å². The molecule has 0 bridgehead atoms. The first-order valence-corrected chi connectivity index (χ1v) is 9.83. The summed E-state index contributed by atoms with van der Waals surface area (Å²) in [7, 11) is 0. The van der Waals surface area contributed by atoms with Crippen LogP contribution in [0.5, 0.6) is 0 Å². The third kappa shape index (κ3) is 3.20. The molecule has 7 heteroatoms. The van der Waals surface area contributed by atoms with E-state index in [0.29, 0.717) is 19.0 Å². The van der Waals surface area contributed by atoms with Crippen LogP contribution in [-0.4, -0.2) is 46.5 Å². The Bertz CT molecular complexity index is 1090. The van der Waals surface area contributed by atoms with Gasteiger partial charge in [-0.3, -0.25) is 9.78 Å². The van der Waals surface area contributed by atoms with Gasteiger partial charge in [0.2, 0.25) is 0 Å². The molecule has 2 aromatic carbocycles. The van der Waals surface area contributed by atoms with Crippen molar-refractivity contribution in [2.75, 3.05) is 24.5 Å². The molecule has 0 aliphatic carbocycles. The Morgan fingerprint density at radius 2 is 1.83 bits per heavy atom. The summed E-state index contributed by atoms with van der Waals surface area (Å²) in [4.78, 5) is 26.1. The fourth-order valence-electron chi connectivity index (χ4n) is 4.52. The molecule has 5 rings (SSSR count). The van der Waals surface area contributed by atoms with E-state index in [9.17, 15) is 13.6 Å². The van der Waals surface area contributed by atoms with Gasteiger partial charge >= 0.3 is 0 Å². The summed E-state index contributed by atoms with van der Waals surface area (Å²) in [6, 6.07) is 10.8. The normalized spacial score (nSPS) is 21.4. The third-order valence-electron chi connectivity index (χ3n) is 6.04. The highest BCUT2D eigenvalue weighted by molar-refractivity contribution is 5.95. The van der Waals surface area contributed by atoms with Crippen molar-refractivity contribution in [1.82, 2.24) is 14.9 Å². The van der Waals surface area contributed by atoms with Crippen LogP contribution in [0.3, 0.4) is 0 Å². The van der Waals surface area contributed by atoms with Crippen LogP contribution in [0.15, 0.2) is 48.7 Å². The number of para-hydroxylation sites is 2. The summed E-state index contributed by atoms with van der Waals surface area (Å²) in [5.41, 5.74) is 1.60. The molecule has 2 unspecified atom stereocenters. The summed E-state index contributed by atoms with van der Waals surface area (Å²) < 4.78 is 27.4. The number of halogens is 2. The molecule has 2 saturated heterocycles. The van der Waals surface area contributed by atoms with Crippen molar-refractivity contribution in [3.8, 4) is 0 Å². The number of hydrogen-bond acceptors (Lipinski definition) is 4. The summed E-state index contributed by atoms with van der Waals surface area (Å²) >= 11 is 0. The molecular formula is C22H20F2N4O. The van der Waals surface area contributed by atoms with Crippen molar-refractivity contribution in [2.45, 2.75) is 18.9 Å². The van der Waals surface area contributed by atoms with Crippen molar-refractivity contribution < 1.29 is 13.6 Å². The van der Waals surface area contributed by atoms with E-state index in [4.69, 9.17) is 4.98 Å². The molecule has 1 aromatic heterocycles. The van der Waals surface area contributed by atoms with Crippen LogP contribution in [0.1, 0.15) is 23.2 Å². The molecule has 29 heavy (non-hydrogen) atoms. The Hall–Kier alpha value is -3.09. The predicted molar refractivity (Wildman–Crippen MR) is 106 cm³/mol. The van der Waals surface area contributed by atoms with Crippen LogP contribution in [0.4, 0.5) is 14.6 Å². The minimum absolute atomic E-state index is 0.0195. The van der Waals surface area contributed by atoms with Crippen molar-refractivity contribution in [1.29, 1.82) is 0 Å². The number of nitrogens with zero attached hydrogens (tertiary/aromatic N) is 4. The van der Waals surface area contributed by atoms with Gasteiger partial charge in [0.25, 0.3) is 5.91 Å². The highest BCUT2D eigenvalue weighted by Crippen LogP contribution is 2.34. The number of rotatable bonds is 2. The Morgan fingerprint density at radius 1 is 1.03 bits per heavy atom. The third-order valence-corrected chi connectivity index (χ3v) is 6.04. The number of likely N-dealkylation sites (tertiary alicyclic amines) is 1. The minimum atomic E-state index is -0.813. The lowest BCUT2D eigenvalue weighted by Crippen LogP contribution is -2.50. The van der Waals surface area contributed by atoms with Crippen molar-refractivity contribution in [3.63, 3.8) is 0 Å². The molecule has 2 aliphatic rings. The fraction of sp³-hybridized carbons (Fsp3) is 0.318. The lowest BCUT2D eigenvalue weighted by atomic mass is 9.92. The van der Waals surface area contributed by atoms with Crippen molar-refractivity contribution in [2.24, 2.45) is 5.92 Å². The molecule has 148 valence electrons. The number of fused-ring (bicyclic) bond motifs is 2. The Balaban J connectivity index is 1.40. The number of carbonyl (C=O) groups excluding carboxylic acids is 1. The van der Waals surface area contributed by atoms with Gasteiger partial charge in [0, 0.05) is 25.7 Å². The van der Waals surface area contributed by atoms with E-state index in [0.717, 1.165) is 48.4 Å². The molecular weight excluding hydrogens is 374 g/mol. The van der Waals surface area contributed by atoms with Gasteiger partial charge in [-0.15, -0.1) is 0 Å². The van der Waals surface area contributed by atoms with Crippen LogP contribution in [-0.2, 0) is 0 Å². The molecule has 0 saturated carbocycles. The zero-order chi connectivity index (χ0) is 20.0. The zero-order valence-corrected chi connectivity index (χ0v) is 15.8. The van der Waals surface area contributed by atoms with E-state index in [-0.39, 0.29) is 17.5 Å². The molecule has 2 aliphatic heterocycles. The first-order valence-electron chi connectivity index (χ1n) is 9.83. The second kappa shape index (κ2) is 7.06. The van der Waals surface area contributed by atoms with E-state index >= 15 is 0 Å². The Kier molecular flexibility index (Phi) is 4.38. The van der Waals surface area contributed by atoms with Gasteiger partial charge in [-0.25, -0.2) is 13.8 Å². The van der Waals surface area contributed by atoms with E-state index in [1.54, 1.807) is 11.1 Å². The smallest absolute Gasteiger partial charge is 0.257 e. The average molecular weight is 394 g/mol. The van der Waals surface area contributed by atoms with Crippen LogP contribution < -0.4 is 4.90 Å². The van der Waals surface area contributed by atoms with Gasteiger partial charge in [-0.1, -0.05) is 12.1 Å². The number of carbonyl (C=O) groups is 1. The van der Waals surface area contributed by atoms with E-state index in [2.05, 4.69) is 9.88 Å². The lowest BCUT2D eigenvalue weighted by Gasteiger charge is -2.39. The number of piperidine rings is 1. The highest BCUT2D eigenvalue weighted by atomic mass is 19.1. The lowest BCUT2D eigenvalue weighted by molar-refractivity contribution is 0.0707. The summed E-state index contributed by atoms with van der Waals surface area (Å²) in [5, 5.41) is 0. The minimum Gasteiger partial charge on any atom is -0.353 e. The van der Waals surface area contributed by atoms with Crippen LogP contribution >= 0.6 is 0 Å². The summed E-state index contributed by atoms with van der Waals surface area (Å²) in [5.74, 6) is -0.702. The molecule has 2 atom stereocenters. The standard InChI is InChI=1S/C22H20F2N4O/c23-15-5-6-16(17(24)11-15)22(29)28-10-8-14-7-9-27(13-20(14)28)21-12-25-18-3-1-2-4-19(18)26-21/h1-6,11-12,14,20H,7-10,13H2. The molecule has 1 amide bonds. The Morgan fingerprint density at radius 3 is 2.66 bits per heavy atom. The van der Waals surface area contributed by atoms with Crippen molar-refractivity contribution in [3.05, 3.63) is 65.9 Å². The molecule has 5 nitrogen and oxygen atoms in total. The molecule has 3 heterocycles. The molecule has 3 aromatic rings. The van der Waals surface area contributed by atoms with Gasteiger partial charge in [0.05, 0.1) is 28.8 Å². The molecule has 0 N–H and O–H groups in total. The van der Waals surface area contributed by atoms with E-state index in [1.807, 2.05) is 24.3 Å². The molecule has 0 radical (unpaired) electrons. The van der Waals surface area contributed by atoms with Gasteiger partial charge < -0.3 is 9.80 Å². The predicted octanol–water partition coefficient (Wildman–Crippen LogP) is 3.65. The quantitative estimate of drug-likeness (QED) is 0.666. The highest BCUT2D eigenvalue weighted by Gasteiger charge is 2.41. The number of hydrogen-bond donors (Lipinski definition) is 0. The maximum Gasteiger partial charge on any atom is 0.257 e. The first-order chi connectivity index (χ1) is 14.1. The van der Waals surface area contributed by atoms with Gasteiger partial charge in [0.15, 0.2) is 0 Å². The Labute approximate surface area is 167 Å². The molecule has 2 fully saturated rings. The van der Waals surface area contributed by atoms with Gasteiger partial charge in [0.1, 0.15) is 17.5 Å². The first kappa shape index (κ1) is 18.0. The topological polar surface area (TPSA) is 49.3 Å². The maximum atomic E-state index is 14.2. The van der Waals surface area contributed by atoms with E-state index in [1.165, 1.54) is 6.07 Å². The second-order valence-electron chi connectivity index (χ2n) is 7.69. The maximum absolute atomic E-state index is 14.2. The summed E-state index contributed by atoms with van der Waals surface area (Å²) in [6.45, 7) is 2.07. The van der Waals surface area contributed by atoms with Crippen molar-refractivity contribution >= 4 is 22.8 Å². The van der Waals surface area contributed by atoms with Crippen LogP contribution in [0, 0.1) is 17.6 Å². The zero-order valence-electron chi connectivity index (χ0n) is 15.8. The van der Waals surface area contributed by atoms with Gasteiger partial charge in [-0.2, -0.15) is 0 Å². The second-order valence-corrected chi connectivity index (χ2v) is 7.69. The fourth-order valence-corrected chi connectivity index (χ4v) is 4.52.